The van der Waals surface area contributed by atoms with Gasteiger partial charge in [0.15, 0.2) is 0 Å². The molecule has 0 bridgehead atoms. The highest BCUT2D eigenvalue weighted by atomic mass is 14.6. The molecule has 0 aliphatic heterocycles. The number of allylic oxidation sites excluding steroid dienone is 3. The molecular formula is C14H25N. The van der Waals surface area contributed by atoms with Gasteiger partial charge in [-0.2, -0.15) is 0 Å². The van der Waals surface area contributed by atoms with E-state index >= 15 is 0 Å². The van der Waals surface area contributed by atoms with Crippen LogP contribution >= 0.6 is 0 Å². The minimum atomic E-state index is 0.119. The molecule has 0 heterocycles. The molecule has 0 N–H and O–H groups in total. The highest BCUT2D eigenvalue weighted by Crippen LogP contribution is 2.30. The van der Waals surface area contributed by atoms with E-state index in [0.29, 0.717) is 0 Å². The largest absolute Gasteiger partial charge is 0.296 e. The van der Waals surface area contributed by atoms with Crippen molar-refractivity contribution in [3.8, 4) is 0 Å². The van der Waals surface area contributed by atoms with Crippen LogP contribution < -0.4 is 0 Å². The molecule has 0 atom stereocenters. The third-order valence-corrected chi connectivity index (χ3v) is 2.43. The summed E-state index contributed by atoms with van der Waals surface area (Å²) in [5, 5.41) is 0. The van der Waals surface area contributed by atoms with Crippen LogP contribution in [0.4, 0.5) is 0 Å². The molecule has 0 radical (unpaired) electrons. The van der Waals surface area contributed by atoms with Crippen molar-refractivity contribution >= 4 is 6.21 Å². The van der Waals surface area contributed by atoms with Crippen LogP contribution in [0.1, 0.15) is 41.5 Å². The zero-order valence-electron chi connectivity index (χ0n) is 11.3. The summed E-state index contributed by atoms with van der Waals surface area (Å²) >= 11 is 0. The molecule has 0 rings (SSSR count). The second kappa shape index (κ2) is 4.78. The van der Waals surface area contributed by atoms with Crippen molar-refractivity contribution in [3.63, 3.8) is 0 Å². The predicted octanol–water partition coefficient (Wildman–Crippen LogP) is 4.26. The Labute approximate surface area is 95.0 Å². The molecule has 1 nitrogen and oxygen atoms in total. The van der Waals surface area contributed by atoms with Crippen LogP contribution in [0.25, 0.3) is 0 Å². The van der Waals surface area contributed by atoms with Gasteiger partial charge in [-0.15, -0.1) is 0 Å². The lowest BCUT2D eigenvalue weighted by molar-refractivity contribution is 0.504. The minimum absolute atomic E-state index is 0.119. The van der Waals surface area contributed by atoms with E-state index in [9.17, 15) is 0 Å². The summed E-state index contributed by atoms with van der Waals surface area (Å²) in [7, 11) is 1.80. The summed E-state index contributed by atoms with van der Waals surface area (Å²) in [5.41, 5.74) is 2.61. The number of hydrogen-bond acceptors (Lipinski definition) is 1. The summed E-state index contributed by atoms with van der Waals surface area (Å²) in [6.45, 7) is 17.2. The molecule has 0 amide bonds. The highest BCUT2D eigenvalue weighted by molar-refractivity contribution is 5.80. The highest BCUT2D eigenvalue weighted by Gasteiger charge is 2.19. The van der Waals surface area contributed by atoms with Gasteiger partial charge in [0.1, 0.15) is 0 Å². The Balaban J connectivity index is 5.12. The Hall–Kier alpha value is -0.850. The van der Waals surface area contributed by atoms with Crippen molar-refractivity contribution in [1.82, 2.24) is 0 Å². The van der Waals surface area contributed by atoms with Crippen molar-refractivity contribution in [1.29, 1.82) is 0 Å². The standard InChI is InChI=1S/C14H25N/c1-11(13(2,3)4)9-12(10-15-8)14(5,6)7/h9-10H,1H2,2-8H3/b12-9+,15-10?. The Bertz CT molecular complexity index is 279. The maximum Gasteiger partial charge on any atom is 0.0277 e. The van der Waals surface area contributed by atoms with Crippen molar-refractivity contribution < 1.29 is 0 Å². The second-order valence-electron chi connectivity index (χ2n) is 6.01. The predicted molar refractivity (Wildman–Crippen MR) is 70.5 cm³/mol. The first-order valence-electron chi connectivity index (χ1n) is 5.42. The molecule has 1 heteroatoms. The van der Waals surface area contributed by atoms with E-state index in [-0.39, 0.29) is 10.8 Å². The zero-order chi connectivity index (χ0) is 12.3. The molecule has 15 heavy (non-hydrogen) atoms. The molecular weight excluding hydrogens is 182 g/mol. The number of hydrogen-bond donors (Lipinski definition) is 0. The molecule has 0 aromatic rings. The van der Waals surface area contributed by atoms with Crippen molar-refractivity contribution in [3.05, 3.63) is 23.8 Å². The summed E-state index contributed by atoms with van der Waals surface area (Å²) in [6.07, 6.45) is 4.09. The lowest BCUT2D eigenvalue weighted by Crippen LogP contribution is -2.14. The van der Waals surface area contributed by atoms with Crippen LogP contribution in [0.5, 0.6) is 0 Å². The van der Waals surface area contributed by atoms with Crippen LogP contribution in [0.3, 0.4) is 0 Å². The second-order valence-corrected chi connectivity index (χ2v) is 6.01. The van der Waals surface area contributed by atoms with E-state index in [1.807, 2.05) is 6.21 Å². The minimum Gasteiger partial charge on any atom is -0.296 e. The molecule has 0 aliphatic rings. The molecule has 0 saturated carbocycles. The zero-order valence-corrected chi connectivity index (χ0v) is 11.3. The first-order valence-corrected chi connectivity index (χ1v) is 5.42. The maximum atomic E-state index is 4.12. The molecule has 0 aromatic carbocycles. The fraction of sp³-hybridized carbons (Fsp3) is 0.643. The van der Waals surface area contributed by atoms with Crippen LogP contribution in [0.2, 0.25) is 0 Å². The van der Waals surface area contributed by atoms with Gasteiger partial charge in [-0.3, -0.25) is 4.99 Å². The quantitative estimate of drug-likeness (QED) is 0.474. The maximum absolute atomic E-state index is 4.12. The normalized spacial score (nSPS) is 14.7. The molecule has 0 fully saturated rings. The van der Waals surface area contributed by atoms with E-state index in [1.54, 1.807) is 7.05 Å². The Morgan fingerprint density at radius 3 is 1.73 bits per heavy atom. The lowest BCUT2D eigenvalue weighted by Gasteiger charge is -2.24. The van der Waals surface area contributed by atoms with Gasteiger partial charge in [-0.1, -0.05) is 54.2 Å². The van der Waals surface area contributed by atoms with Gasteiger partial charge in [0, 0.05) is 13.3 Å². The molecule has 0 aromatic heterocycles. The van der Waals surface area contributed by atoms with Gasteiger partial charge >= 0.3 is 0 Å². The van der Waals surface area contributed by atoms with E-state index in [2.05, 4.69) is 59.2 Å². The summed E-state index contributed by atoms with van der Waals surface area (Å²) in [5.74, 6) is 0. The number of rotatable bonds is 2. The first-order chi connectivity index (χ1) is 6.59. The summed E-state index contributed by atoms with van der Waals surface area (Å²) < 4.78 is 0. The Morgan fingerprint density at radius 1 is 1.00 bits per heavy atom. The van der Waals surface area contributed by atoms with Crippen molar-refractivity contribution in [2.75, 3.05) is 7.05 Å². The fourth-order valence-corrected chi connectivity index (χ4v) is 0.991. The number of aliphatic imine (C=N–C) groups is 1. The van der Waals surface area contributed by atoms with Crippen molar-refractivity contribution in [2.24, 2.45) is 15.8 Å². The first kappa shape index (κ1) is 14.2. The topological polar surface area (TPSA) is 12.4 Å². The fourth-order valence-electron chi connectivity index (χ4n) is 0.991. The summed E-state index contributed by atoms with van der Waals surface area (Å²) in [6, 6.07) is 0. The smallest absolute Gasteiger partial charge is 0.0277 e. The third kappa shape index (κ3) is 4.96. The van der Waals surface area contributed by atoms with Crippen molar-refractivity contribution in [2.45, 2.75) is 41.5 Å². The molecule has 0 aliphatic carbocycles. The van der Waals surface area contributed by atoms with Gasteiger partial charge in [0.05, 0.1) is 0 Å². The van der Waals surface area contributed by atoms with Gasteiger partial charge in [0.25, 0.3) is 0 Å². The van der Waals surface area contributed by atoms with Crippen LogP contribution in [0.15, 0.2) is 28.8 Å². The van der Waals surface area contributed by atoms with E-state index in [0.717, 1.165) is 5.57 Å². The Kier molecular flexibility index (Phi) is 4.51. The average Bonchev–Trinajstić information content (AvgIpc) is 1.99. The SMILES string of the molecule is C=C(/C=C(\C=NC)C(C)(C)C)C(C)(C)C. The average molecular weight is 207 g/mol. The molecule has 0 unspecified atom stereocenters. The van der Waals surface area contributed by atoms with E-state index < -0.39 is 0 Å². The third-order valence-electron chi connectivity index (χ3n) is 2.43. The monoisotopic (exact) mass is 207 g/mol. The molecule has 0 spiro atoms. The molecule has 0 saturated heterocycles. The van der Waals surface area contributed by atoms with Gasteiger partial charge in [-0.25, -0.2) is 0 Å². The van der Waals surface area contributed by atoms with E-state index in [4.69, 9.17) is 0 Å². The number of nitrogens with zero attached hydrogens (tertiary/aromatic N) is 1. The Morgan fingerprint density at radius 2 is 1.47 bits per heavy atom. The lowest BCUT2D eigenvalue weighted by atomic mass is 9.81. The van der Waals surface area contributed by atoms with Gasteiger partial charge in [-0.05, 0) is 22.0 Å². The van der Waals surface area contributed by atoms with Crippen LogP contribution in [0, 0.1) is 10.8 Å². The van der Waals surface area contributed by atoms with Crippen LogP contribution in [-0.4, -0.2) is 13.3 Å². The van der Waals surface area contributed by atoms with Crippen LogP contribution in [-0.2, 0) is 0 Å². The van der Waals surface area contributed by atoms with E-state index in [1.165, 1.54) is 5.57 Å². The summed E-state index contributed by atoms with van der Waals surface area (Å²) in [4.78, 5) is 4.10. The molecule has 86 valence electrons. The van der Waals surface area contributed by atoms with Gasteiger partial charge < -0.3 is 0 Å². The van der Waals surface area contributed by atoms with Gasteiger partial charge in [0.2, 0.25) is 0 Å².